The van der Waals surface area contributed by atoms with Gasteiger partial charge in [0.15, 0.2) is 6.79 Å². The van der Waals surface area contributed by atoms with Gasteiger partial charge in [-0.1, -0.05) is 50.1 Å². The van der Waals surface area contributed by atoms with Crippen molar-refractivity contribution in [3.8, 4) is 17.0 Å². The molecule has 0 fully saturated rings. The van der Waals surface area contributed by atoms with Crippen molar-refractivity contribution in [3.63, 3.8) is 0 Å². The molecule has 0 aliphatic carbocycles. The van der Waals surface area contributed by atoms with Gasteiger partial charge in [0, 0.05) is 23.7 Å². The fourth-order valence-electron chi connectivity index (χ4n) is 3.01. The number of hydrogen-bond donors (Lipinski definition) is 1. The van der Waals surface area contributed by atoms with Gasteiger partial charge in [0.1, 0.15) is 5.75 Å². The first-order chi connectivity index (χ1) is 11.3. The highest BCUT2D eigenvalue weighted by Gasteiger charge is 2.11. The van der Waals surface area contributed by atoms with Crippen LogP contribution in [0.3, 0.4) is 0 Å². The number of hydrogen-bond acceptors (Lipinski definition) is 2. The molecule has 0 saturated carbocycles. The zero-order valence-corrected chi connectivity index (χ0v) is 13.5. The van der Waals surface area contributed by atoms with Crippen LogP contribution in [0.1, 0.15) is 26.2 Å². The van der Waals surface area contributed by atoms with Crippen LogP contribution in [0.25, 0.3) is 22.2 Å². The van der Waals surface area contributed by atoms with Crippen LogP contribution in [-0.2, 0) is 6.54 Å². The predicted octanol–water partition coefficient (Wildman–Crippen LogP) is 4.83. The fourth-order valence-corrected chi connectivity index (χ4v) is 3.01. The molecule has 3 aromatic rings. The average molecular weight is 309 g/mol. The Kier molecular flexibility index (Phi) is 4.99. The number of unbranched alkanes of at least 4 members (excludes halogenated alkanes) is 2. The van der Waals surface area contributed by atoms with E-state index in [4.69, 9.17) is 9.84 Å². The summed E-state index contributed by atoms with van der Waals surface area (Å²) in [5, 5.41) is 10.2. The minimum Gasteiger partial charge on any atom is -0.468 e. The van der Waals surface area contributed by atoms with Crippen LogP contribution in [0.5, 0.6) is 5.75 Å². The molecule has 23 heavy (non-hydrogen) atoms. The van der Waals surface area contributed by atoms with E-state index in [1.807, 2.05) is 18.2 Å². The third-order valence-electron chi connectivity index (χ3n) is 4.16. The van der Waals surface area contributed by atoms with Crippen molar-refractivity contribution in [3.05, 3.63) is 54.6 Å². The molecule has 0 radical (unpaired) electrons. The first-order valence-electron chi connectivity index (χ1n) is 8.26. The summed E-state index contributed by atoms with van der Waals surface area (Å²) >= 11 is 0. The Morgan fingerprint density at radius 3 is 2.57 bits per heavy atom. The van der Waals surface area contributed by atoms with Crippen LogP contribution in [0.15, 0.2) is 54.6 Å². The van der Waals surface area contributed by atoms with Crippen molar-refractivity contribution >= 4 is 10.9 Å². The number of benzene rings is 2. The number of rotatable bonds is 7. The second kappa shape index (κ2) is 7.34. The number of aromatic nitrogens is 1. The predicted molar refractivity (Wildman–Crippen MR) is 94.6 cm³/mol. The Hall–Kier alpha value is -2.26. The number of aliphatic hydroxyl groups is 1. The van der Waals surface area contributed by atoms with E-state index in [-0.39, 0.29) is 6.79 Å². The van der Waals surface area contributed by atoms with Crippen LogP contribution < -0.4 is 4.74 Å². The molecule has 3 heteroatoms. The van der Waals surface area contributed by atoms with Gasteiger partial charge in [-0.2, -0.15) is 0 Å². The molecule has 0 bridgehead atoms. The molecule has 120 valence electrons. The van der Waals surface area contributed by atoms with Crippen molar-refractivity contribution in [1.29, 1.82) is 0 Å². The van der Waals surface area contributed by atoms with Gasteiger partial charge in [0.05, 0.1) is 5.52 Å². The topological polar surface area (TPSA) is 34.4 Å². The van der Waals surface area contributed by atoms with E-state index in [9.17, 15) is 0 Å². The molecule has 0 aliphatic heterocycles. The minimum atomic E-state index is -0.298. The first-order valence-corrected chi connectivity index (χ1v) is 8.26. The van der Waals surface area contributed by atoms with Crippen LogP contribution in [0, 0.1) is 0 Å². The molecule has 3 rings (SSSR count). The summed E-state index contributed by atoms with van der Waals surface area (Å²) in [6.45, 7) is 2.91. The van der Waals surface area contributed by atoms with Crippen molar-refractivity contribution in [1.82, 2.24) is 4.57 Å². The van der Waals surface area contributed by atoms with Gasteiger partial charge < -0.3 is 14.4 Å². The summed E-state index contributed by atoms with van der Waals surface area (Å²) in [4.78, 5) is 0. The lowest BCUT2D eigenvalue weighted by Crippen LogP contribution is -2.01. The average Bonchev–Trinajstić information content (AvgIpc) is 2.94. The van der Waals surface area contributed by atoms with Crippen molar-refractivity contribution in [2.45, 2.75) is 32.7 Å². The SMILES string of the molecule is CCCCCn1c(-c2ccccc2)cc2ccc(OCO)cc21. The van der Waals surface area contributed by atoms with Crippen molar-refractivity contribution in [2.75, 3.05) is 6.79 Å². The molecule has 1 heterocycles. The maximum Gasteiger partial charge on any atom is 0.186 e. The molecule has 1 aromatic heterocycles. The zero-order chi connectivity index (χ0) is 16.1. The smallest absolute Gasteiger partial charge is 0.186 e. The van der Waals surface area contributed by atoms with Crippen LogP contribution in [-0.4, -0.2) is 16.5 Å². The maximum absolute atomic E-state index is 8.99. The largest absolute Gasteiger partial charge is 0.468 e. The monoisotopic (exact) mass is 309 g/mol. The minimum absolute atomic E-state index is 0.298. The second-order valence-electron chi connectivity index (χ2n) is 5.75. The van der Waals surface area contributed by atoms with E-state index in [0.717, 1.165) is 18.5 Å². The molecular weight excluding hydrogens is 286 g/mol. The molecule has 2 aromatic carbocycles. The number of nitrogens with zero attached hydrogens (tertiary/aromatic N) is 1. The Bertz CT molecular complexity index is 762. The van der Waals surface area contributed by atoms with Gasteiger partial charge in [0.25, 0.3) is 0 Å². The molecule has 1 N–H and O–H groups in total. The molecule has 0 atom stereocenters. The van der Waals surface area contributed by atoms with Crippen molar-refractivity contribution in [2.24, 2.45) is 0 Å². The number of aryl methyl sites for hydroxylation is 1. The van der Waals surface area contributed by atoms with Gasteiger partial charge in [-0.3, -0.25) is 0 Å². The Balaban J connectivity index is 2.08. The van der Waals surface area contributed by atoms with E-state index < -0.39 is 0 Å². The molecular formula is C20H23NO2. The van der Waals surface area contributed by atoms with E-state index >= 15 is 0 Å². The van der Waals surface area contributed by atoms with Gasteiger partial charge in [0.2, 0.25) is 0 Å². The molecule has 0 saturated heterocycles. The van der Waals surface area contributed by atoms with E-state index in [0.29, 0.717) is 5.75 Å². The van der Waals surface area contributed by atoms with Crippen LogP contribution >= 0.6 is 0 Å². The Morgan fingerprint density at radius 2 is 1.83 bits per heavy atom. The number of aliphatic hydroxyl groups excluding tert-OH is 1. The van der Waals surface area contributed by atoms with Gasteiger partial charge >= 0.3 is 0 Å². The van der Waals surface area contributed by atoms with Gasteiger partial charge in [-0.15, -0.1) is 0 Å². The summed E-state index contributed by atoms with van der Waals surface area (Å²) in [7, 11) is 0. The molecule has 0 aliphatic rings. The summed E-state index contributed by atoms with van der Waals surface area (Å²) < 4.78 is 7.62. The summed E-state index contributed by atoms with van der Waals surface area (Å²) in [5.41, 5.74) is 3.62. The highest BCUT2D eigenvalue weighted by atomic mass is 16.6. The lowest BCUT2D eigenvalue weighted by atomic mass is 10.1. The number of fused-ring (bicyclic) bond motifs is 1. The standard InChI is InChI=1S/C20H23NO2/c1-2-3-7-12-21-19(16-8-5-4-6-9-16)13-17-10-11-18(23-15-22)14-20(17)21/h4-6,8-11,13-14,22H,2-3,7,12,15H2,1H3. The quantitative estimate of drug-likeness (QED) is 0.501. The summed E-state index contributed by atoms with van der Waals surface area (Å²) in [6, 6.07) is 18.7. The lowest BCUT2D eigenvalue weighted by molar-refractivity contribution is 0.0987. The maximum atomic E-state index is 8.99. The van der Waals surface area contributed by atoms with Crippen LogP contribution in [0.2, 0.25) is 0 Å². The van der Waals surface area contributed by atoms with Gasteiger partial charge in [-0.05, 0) is 30.2 Å². The van der Waals surface area contributed by atoms with E-state index in [1.54, 1.807) is 0 Å². The summed E-state index contributed by atoms with van der Waals surface area (Å²) in [6.07, 6.45) is 3.59. The molecule has 0 unspecified atom stereocenters. The normalized spacial score (nSPS) is 11.0. The third kappa shape index (κ3) is 3.40. The molecule has 0 amide bonds. The molecule has 3 nitrogen and oxygen atoms in total. The third-order valence-corrected chi connectivity index (χ3v) is 4.16. The second-order valence-corrected chi connectivity index (χ2v) is 5.75. The Morgan fingerprint density at radius 1 is 1.00 bits per heavy atom. The zero-order valence-electron chi connectivity index (χ0n) is 13.5. The highest BCUT2D eigenvalue weighted by molar-refractivity contribution is 5.88. The van der Waals surface area contributed by atoms with E-state index in [1.165, 1.54) is 29.5 Å². The van der Waals surface area contributed by atoms with E-state index in [2.05, 4.69) is 47.9 Å². The summed E-state index contributed by atoms with van der Waals surface area (Å²) in [5.74, 6) is 0.703. The highest BCUT2D eigenvalue weighted by Crippen LogP contribution is 2.31. The van der Waals surface area contributed by atoms with Crippen LogP contribution in [0.4, 0.5) is 0 Å². The lowest BCUT2D eigenvalue weighted by Gasteiger charge is -2.11. The first kappa shape index (κ1) is 15.6. The van der Waals surface area contributed by atoms with Crippen molar-refractivity contribution < 1.29 is 9.84 Å². The molecule has 0 spiro atoms. The fraction of sp³-hybridized carbons (Fsp3) is 0.300. The van der Waals surface area contributed by atoms with Gasteiger partial charge in [-0.25, -0.2) is 0 Å². The Labute approximate surface area is 137 Å². The number of ether oxygens (including phenoxy) is 1.